The number of hydrogen-bond donors (Lipinski definition) is 0. The molecule has 3 saturated carbocycles. The van der Waals surface area contributed by atoms with Crippen LogP contribution in [0, 0.1) is 34.9 Å². The molecule has 3 unspecified atom stereocenters. The zero-order valence-electron chi connectivity index (χ0n) is 78.0. The van der Waals surface area contributed by atoms with Crippen LogP contribution in [-0.4, -0.2) is 145 Å². The molecular weight excluding hydrogens is 2060 g/mol. The molecule has 7 heterocycles. The highest BCUT2D eigenvalue weighted by Crippen LogP contribution is 2.57. The Labute approximate surface area is 832 Å². The first kappa shape index (κ1) is 109. The van der Waals surface area contributed by atoms with Crippen LogP contribution in [-0.2, 0) is 44.3 Å². The second kappa shape index (κ2) is 43.9. The van der Waals surface area contributed by atoms with Crippen molar-refractivity contribution in [1.29, 1.82) is 0 Å². The van der Waals surface area contributed by atoms with Gasteiger partial charge in [-0.25, -0.2) is 73.3 Å². The molecule has 19 rings (SSSR count). The first-order valence-corrected chi connectivity index (χ1v) is 48.7. The number of aromatic nitrogens is 6. The first-order chi connectivity index (χ1) is 67.7. The third-order valence-corrected chi connectivity index (χ3v) is 30.4. The maximum atomic E-state index is 16.0. The molecule has 6 aromatic heterocycles. The quantitative estimate of drug-likeness (QED) is 0.0341. The van der Waals surface area contributed by atoms with Gasteiger partial charge in [0.1, 0.15) is 109 Å². The fourth-order valence-electron chi connectivity index (χ4n) is 17.1. The molecule has 1 saturated heterocycles. The molecule has 15 aromatic rings. The lowest BCUT2D eigenvalue weighted by molar-refractivity contribution is -0.215. The van der Waals surface area contributed by atoms with E-state index in [0.717, 1.165) is 99.6 Å². The first-order valence-electron chi connectivity index (χ1n) is 43.0. The van der Waals surface area contributed by atoms with Gasteiger partial charge in [-0.1, -0.05) is 47.5 Å². The number of alkyl halides is 2. The standard InChI is InChI=1S/C32H27F2N3O8S.C30H23F4N3O6S.C30H23F2N3O7S.C4H10F3NS.3H3P/c1-41-22-5-3-4-21(13-22)37(30-8-9-45-35-30)46(39,40)29-12-19-6-7-31(38)36(26(19)16-25(29)34)27-15-24(33)23(14-28(27)42-2)20-17-32(18-20)43-10-11-44-32;1-41-20-5-3-4-19(11-20)37(28-8-9-43-35-28)44(39,40)27-10-17-6-7-29(38)36(24(17)14-23(27)32)25-13-22(31)21(12-26(25)42-2)18-15-30(33,34)16-18;1-40-21-5-3-4-19(13-21)35(29-8-9-42-33-29)43(38,39)28-12-17-6-7-30(37)34(25(17)16-24(28)32)26-15-23(31)22(14-27(26)41-2)18-10-20(36)11-18;1-3-8(4-2)9(5,6)7;;;/h3-9,12-16,20H,10-11,17-18H2,1-2H3;3-14,18H,15-16H2,1-2H3;3-9,12-16,18H,10-11H2,1-2H3;3-4H2,1-2H3;3*1H3. The summed E-state index contributed by atoms with van der Waals surface area (Å²) in [6.07, 6.45) is 3.83. The van der Waals surface area contributed by atoms with Crippen LogP contribution in [0.4, 0.5) is 81.3 Å². The highest BCUT2D eigenvalue weighted by molar-refractivity contribution is 8.18. The monoisotopic (exact) mass is 2150 g/mol. The predicted molar refractivity (Wildman–Crippen MR) is 532 cm³/mol. The number of ketones is 1. The summed E-state index contributed by atoms with van der Waals surface area (Å²) in [6.45, 7) is 4.11. The minimum absolute atomic E-state index is 0. The topological polar surface area (TPSA) is 350 Å². The van der Waals surface area contributed by atoms with E-state index >= 15 is 26.3 Å². The highest BCUT2D eigenvalue weighted by atomic mass is 32.3. The Bertz CT molecular complexity index is 7910. The van der Waals surface area contributed by atoms with Gasteiger partial charge in [0, 0.05) is 165 Å². The summed E-state index contributed by atoms with van der Waals surface area (Å²) in [4.78, 5) is 48.8. The van der Waals surface area contributed by atoms with E-state index in [-0.39, 0.29) is 186 Å². The number of carbonyl (C=O) groups is 1. The molecule has 0 amide bonds. The van der Waals surface area contributed by atoms with Crippen molar-refractivity contribution >= 4 is 144 Å². The minimum Gasteiger partial charge on any atom is -0.497 e. The third-order valence-electron chi connectivity index (χ3n) is 24.1. The summed E-state index contributed by atoms with van der Waals surface area (Å²) < 4.78 is 305. The summed E-state index contributed by atoms with van der Waals surface area (Å²) in [7, 11) is -5.82. The van der Waals surface area contributed by atoms with Crippen LogP contribution in [0.3, 0.4) is 0 Å². The molecule has 4 fully saturated rings. The second-order valence-electron chi connectivity index (χ2n) is 32.5. The van der Waals surface area contributed by atoms with Crippen LogP contribution in [0.25, 0.3) is 49.8 Å². The van der Waals surface area contributed by atoms with Gasteiger partial charge in [0.25, 0.3) is 58.1 Å². The fourth-order valence-corrected chi connectivity index (χ4v) is 22.2. The normalized spacial score (nSPS) is 14.9. The number of anilines is 6. The zero-order chi connectivity index (χ0) is 102. The maximum Gasteiger partial charge on any atom is 0.278 e. The molecule has 1 aliphatic heterocycles. The summed E-state index contributed by atoms with van der Waals surface area (Å²) in [5.74, 6) is -9.53. The minimum atomic E-state index is -4.93. The lowest BCUT2D eigenvalue weighted by atomic mass is 9.74. The Kier molecular flexibility index (Phi) is 33.0. The molecule has 768 valence electrons. The number of rotatable bonds is 27. The lowest BCUT2D eigenvalue weighted by Crippen LogP contribution is -2.43. The largest absolute Gasteiger partial charge is 0.497 e. The highest BCUT2D eigenvalue weighted by Gasteiger charge is 2.51. The van der Waals surface area contributed by atoms with E-state index in [0.29, 0.717) is 53.2 Å². The van der Waals surface area contributed by atoms with Crippen molar-refractivity contribution in [2.24, 2.45) is 0 Å². The van der Waals surface area contributed by atoms with E-state index < -0.39 is 138 Å². The van der Waals surface area contributed by atoms with Gasteiger partial charge >= 0.3 is 0 Å². The Morgan fingerprint density at radius 1 is 0.379 bits per heavy atom. The number of methoxy groups -OCH3 is 6. The Morgan fingerprint density at radius 2 is 0.683 bits per heavy atom. The van der Waals surface area contributed by atoms with Crippen molar-refractivity contribution in [3.05, 3.63) is 302 Å². The van der Waals surface area contributed by atoms with E-state index in [1.54, 1.807) is 36.4 Å². The summed E-state index contributed by atoms with van der Waals surface area (Å²) >= 11 is -4.93. The summed E-state index contributed by atoms with van der Waals surface area (Å²) in [5, 5.41) is 11.7. The fraction of sp³-hybridized carbons (Fsp3) is 0.240. The number of pyridine rings is 3. The Hall–Kier alpha value is -13.3. The average molecular weight is 2150 g/mol. The van der Waals surface area contributed by atoms with Crippen LogP contribution < -0.4 is 58.0 Å². The van der Waals surface area contributed by atoms with E-state index in [9.17, 15) is 64.9 Å². The predicted octanol–water partition coefficient (Wildman–Crippen LogP) is 19.9. The van der Waals surface area contributed by atoms with E-state index in [1.807, 2.05) is 0 Å². The summed E-state index contributed by atoms with van der Waals surface area (Å²) in [6, 6.07) is 42.9. The smallest absolute Gasteiger partial charge is 0.278 e. The number of fused-ring (bicyclic) bond motifs is 3. The van der Waals surface area contributed by atoms with Crippen LogP contribution in [0.1, 0.15) is 86.8 Å². The molecule has 1 spiro atoms. The molecule has 3 atom stereocenters. The molecule has 3 aliphatic carbocycles. The van der Waals surface area contributed by atoms with Crippen molar-refractivity contribution in [2.45, 2.75) is 96.5 Å². The Balaban J connectivity index is 0.000000173. The molecule has 0 N–H and O–H groups in total. The summed E-state index contributed by atoms with van der Waals surface area (Å²) in [5.41, 5.74) is -1.21. The number of halogens is 11. The van der Waals surface area contributed by atoms with E-state index in [1.165, 1.54) is 166 Å². The van der Waals surface area contributed by atoms with E-state index in [4.69, 9.17) is 51.5 Å². The number of sulfonamides is 3. The van der Waals surface area contributed by atoms with Crippen molar-refractivity contribution in [3.8, 4) is 51.6 Å². The third kappa shape index (κ3) is 21.7. The van der Waals surface area contributed by atoms with Gasteiger partial charge in [-0.2, -0.15) is 34.0 Å². The number of Topliss-reactive ketones (excluding diaryl/α,β-unsaturated/α-hetero) is 1. The molecule has 0 radical (unpaired) electrons. The van der Waals surface area contributed by atoms with Gasteiger partial charge in [-0.05, 0) is 120 Å². The van der Waals surface area contributed by atoms with Crippen LogP contribution in [0.5, 0.6) is 34.5 Å². The molecule has 145 heavy (non-hydrogen) atoms. The van der Waals surface area contributed by atoms with Gasteiger partial charge in [-0.15, -0.1) is 11.7 Å². The second-order valence-corrected chi connectivity index (χ2v) is 39.0. The number of hydrogen-bond acceptors (Lipinski definition) is 25. The lowest BCUT2D eigenvalue weighted by Gasteiger charge is -2.43. The van der Waals surface area contributed by atoms with Gasteiger partial charge in [0.05, 0.1) is 107 Å². The average Bonchev–Trinajstić information content (AvgIpc) is 1.61. The SMILES string of the molecule is CCN(CC)S(F)(F)F.COc1cccc(N(c2ccon2)S(=O)(=O)c2cc3ccc(=O)n(-c4cc(F)c(C5CC(=O)C5)cc4OC)c3cc2F)c1.COc1cccc(N(c2ccon2)S(=O)(=O)c2cc3ccc(=O)n(-c4cc(F)c(C5CC(F)(F)C5)cc4OC)c3cc2F)c1.COc1cccc(N(c2ccon2)S(=O)(=O)c2cc3ccc(=O)n(-c4cc(F)c(C5CC6(C5)OCCO6)cc4OC)c3cc2F)c1.P.P.P. The molecule has 9 aromatic carbocycles. The number of benzene rings is 9. The van der Waals surface area contributed by atoms with Crippen LogP contribution in [0.15, 0.2) is 262 Å². The molecule has 4 aliphatic rings. The van der Waals surface area contributed by atoms with Gasteiger partial charge in [-0.3, -0.25) is 32.9 Å². The van der Waals surface area contributed by atoms with Gasteiger partial charge in [0.2, 0.25) is 5.92 Å². The number of nitrogens with zero attached hydrogens (tertiary/aromatic N) is 10. The van der Waals surface area contributed by atoms with Gasteiger partial charge in [0.15, 0.2) is 23.2 Å². The van der Waals surface area contributed by atoms with Crippen molar-refractivity contribution in [2.75, 3.05) is 81.9 Å². The maximum absolute atomic E-state index is 16.0. The van der Waals surface area contributed by atoms with Crippen molar-refractivity contribution in [1.82, 2.24) is 33.5 Å². The van der Waals surface area contributed by atoms with Gasteiger partial charge < -0.3 is 51.5 Å². The van der Waals surface area contributed by atoms with Crippen molar-refractivity contribution < 1.29 is 128 Å². The number of ether oxygens (including phenoxy) is 8. The zero-order valence-corrected chi connectivity index (χ0v) is 85.6. The molecule has 31 nitrogen and oxygen atoms in total. The number of carbonyl (C=O) groups excluding carboxylic acids is 1. The molecule has 49 heteroatoms. The molecule has 0 bridgehead atoms. The van der Waals surface area contributed by atoms with Crippen molar-refractivity contribution in [3.63, 3.8) is 0 Å². The molecular formula is C96H92F11N10O21P3S4. The van der Waals surface area contributed by atoms with Crippen LogP contribution in [0.2, 0.25) is 0 Å². The van der Waals surface area contributed by atoms with E-state index in [2.05, 4.69) is 15.5 Å². The van der Waals surface area contributed by atoms with Crippen LogP contribution >= 0.6 is 41.1 Å². The Morgan fingerprint density at radius 3 is 0.938 bits per heavy atom.